The van der Waals surface area contributed by atoms with E-state index in [0.29, 0.717) is 22.4 Å². The second kappa shape index (κ2) is 6.08. The van der Waals surface area contributed by atoms with Crippen LogP contribution in [-0.4, -0.2) is 36.7 Å². The maximum atomic E-state index is 13.0. The first-order valence-corrected chi connectivity index (χ1v) is 7.46. The SMILES string of the molecule is NC(=O)CSc1nnc(-c2cc(-c3ccc(F)cc3)n[nH]2)n1N. The first-order valence-electron chi connectivity index (χ1n) is 6.48. The minimum absolute atomic E-state index is 0.0547. The number of H-pyrrole nitrogens is 1. The third kappa shape index (κ3) is 3.16. The van der Waals surface area contributed by atoms with Gasteiger partial charge in [-0.05, 0) is 30.3 Å². The van der Waals surface area contributed by atoms with Gasteiger partial charge in [-0.15, -0.1) is 10.2 Å². The van der Waals surface area contributed by atoms with E-state index < -0.39 is 5.91 Å². The van der Waals surface area contributed by atoms with E-state index in [4.69, 9.17) is 11.6 Å². The smallest absolute Gasteiger partial charge is 0.227 e. The van der Waals surface area contributed by atoms with E-state index >= 15 is 0 Å². The van der Waals surface area contributed by atoms with Crippen molar-refractivity contribution in [1.29, 1.82) is 0 Å². The quantitative estimate of drug-likeness (QED) is 0.467. The topological polar surface area (TPSA) is 129 Å². The van der Waals surface area contributed by atoms with Crippen molar-refractivity contribution < 1.29 is 9.18 Å². The lowest BCUT2D eigenvalue weighted by atomic mass is 10.1. The number of primary amides is 1. The molecule has 0 saturated heterocycles. The molecule has 2 aromatic heterocycles. The van der Waals surface area contributed by atoms with Crippen molar-refractivity contribution >= 4 is 17.7 Å². The predicted octanol–water partition coefficient (Wildman–Crippen LogP) is 0.765. The van der Waals surface area contributed by atoms with Gasteiger partial charge >= 0.3 is 0 Å². The summed E-state index contributed by atoms with van der Waals surface area (Å²) in [7, 11) is 0. The Kier molecular flexibility index (Phi) is 3.98. The third-order valence-corrected chi connectivity index (χ3v) is 3.93. The average molecular weight is 333 g/mol. The fraction of sp³-hybridized carbons (Fsp3) is 0.0769. The van der Waals surface area contributed by atoms with Crippen LogP contribution in [0.4, 0.5) is 4.39 Å². The van der Waals surface area contributed by atoms with Gasteiger partial charge < -0.3 is 11.6 Å². The molecule has 0 radical (unpaired) electrons. The van der Waals surface area contributed by atoms with Crippen molar-refractivity contribution in [3.05, 3.63) is 36.1 Å². The first kappa shape index (κ1) is 15.0. The Morgan fingerprint density at radius 1 is 1.30 bits per heavy atom. The number of carbonyl (C=O) groups excluding carboxylic acids is 1. The largest absolute Gasteiger partial charge is 0.369 e. The number of rotatable bonds is 5. The highest BCUT2D eigenvalue weighted by Crippen LogP contribution is 2.24. The van der Waals surface area contributed by atoms with Gasteiger partial charge in [-0.2, -0.15) is 5.10 Å². The van der Waals surface area contributed by atoms with E-state index in [1.165, 1.54) is 16.8 Å². The predicted molar refractivity (Wildman–Crippen MR) is 83.1 cm³/mol. The van der Waals surface area contributed by atoms with Crippen molar-refractivity contribution in [3.63, 3.8) is 0 Å². The molecule has 0 spiro atoms. The summed E-state index contributed by atoms with van der Waals surface area (Å²) in [5, 5.41) is 15.2. The number of halogens is 1. The molecule has 0 fully saturated rings. The summed E-state index contributed by atoms with van der Waals surface area (Å²) in [5.41, 5.74) is 7.00. The minimum Gasteiger partial charge on any atom is -0.369 e. The molecule has 0 unspecified atom stereocenters. The molecule has 0 aliphatic heterocycles. The first-order chi connectivity index (χ1) is 11.0. The molecule has 10 heteroatoms. The molecule has 118 valence electrons. The molecule has 0 saturated carbocycles. The molecule has 1 amide bonds. The Labute approximate surface area is 134 Å². The number of carbonyl (C=O) groups is 1. The highest BCUT2D eigenvalue weighted by atomic mass is 32.2. The molecule has 0 aliphatic carbocycles. The zero-order valence-corrected chi connectivity index (χ0v) is 12.5. The number of hydrogen-bond acceptors (Lipinski definition) is 6. The Morgan fingerprint density at radius 2 is 2.04 bits per heavy atom. The molecule has 8 nitrogen and oxygen atoms in total. The monoisotopic (exact) mass is 333 g/mol. The molecule has 0 aliphatic rings. The Balaban J connectivity index is 1.86. The van der Waals surface area contributed by atoms with Crippen LogP contribution in [-0.2, 0) is 4.79 Å². The number of nitrogens with one attached hydrogen (secondary N) is 1. The lowest BCUT2D eigenvalue weighted by Crippen LogP contribution is -2.16. The van der Waals surface area contributed by atoms with E-state index in [2.05, 4.69) is 20.4 Å². The summed E-state index contributed by atoms with van der Waals surface area (Å²) in [4.78, 5) is 10.8. The molecule has 3 rings (SSSR count). The summed E-state index contributed by atoms with van der Waals surface area (Å²) >= 11 is 1.09. The fourth-order valence-corrected chi connectivity index (χ4v) is 2.50. The highest BCUT2D eigenvalue weighted by Gasteiger charge is 2.15. The Morgan fingerprint density at radius 3 is 2.74 bits per heavy atom. The maximum Gasteiger partial charge on any atom is 0.227 e. The molecule has 0 atom stereocenters. The van der Waals surface area contributed by atoms with Crippen molar-refractivity contribution in [2.75, 3.05) is 11.6 Å². The van der Waals surface area contributed by atoms with Gasteiger partial charge in [-0.25, -0.2) is 9.07 Å². The summed E-state index contributed by atoms with van der Waals surface area (Å²) in [6.07, 6.45) is 0. The number of amides is 1. The summed E-state index contributed by atoms with van der Waals surface area (Å²) < 4.78 is 14.2. The molecule has 1 aromatic carbocycles. The van der Waals surface area contributed by atoms with Crippen LogP contribution in [0.3, 0.4) is 0 Å². The maximum absolute atomic E-state index is 13.0. The van der Waals surface area contributed by atoms with Gasteiger partial charge in [0.15, 0.2) is 0 Å². The van der Waals surface area contributed by atoms with E-state index in [-0.39, 0.29) is 11.6 Å². The number of benzene rings is 1. The second-order valence-electron chi connectivity index (χ2n) is 4.60. The lowest BCUT2D eigenvalue weighted by Gasteiger charge is -2.00. The number of nitrogens with zero attached hydrogens (tertiary/aromatic N) is 4. The van der Waals surface area contributed by atoms with Gasteiger partial charge in [-0.1, -0.05) is 11.8 Å². The van der Waals surface area contributed by atoms with Crippen LogP contribution in [0.25, 0.3) is 22.8 Å². The van der Waals surface area contributed by atoms with Gasteiger partial charge in [0.2, 0.25) is 16.9 Å². The van der Waals surface area contributed by atoms with Crippen LogP contribution in [0.15, 0.2) is 35.5 Å². The number of hydrogen-bond donors (Lipinski definition) is 3. The van der Waals surface area contributed by atoms with Crippen LogP contribution in [0.1, 0.15) is 0 Å². The average Bonchev–Trinajstić information content (AvgIpc) is 3.13. The fourth-order valence-electron chi connectivity index (χ4n) is 1.90. The van der Waals surface area contributed by atoms with Crippen molar-refractivity contribution in [2.45, 2.75) is 5.16 Å². The normalized spacial score (nSPS) is 10.8. The van der Waals surface area contributed by atoms with E-state index in [9.17, 15) is 9.18 Å². The number of nitrogen functional groups attached to an aromatic ring is 1. The Hall–Kier alpha value is -2.88. The number of thioether (sulfide) groups is 1. The molecular formula is C13H12FN7OS. The van der Waals surface area contributed by atoms with Crippen LogP contribution < -0.4 is 11.6 Å². The Bertz CT molecular complexity index is 842. The molecule has 23 heavy (non-hydrogen) atoms. The van der Waals surface area contributed by atoms with Crippen LogP contribution in [0.2, 0.25) is 0 Å². The standard InChI is InChI=1S/C13H12FN7OS/c14-8-3-1-7(2-4-8)9-5-10(18-17-9)12-19-20-13(21(12)16)23-6-11(15)22/h1-5H,6,16H2,(H2,15,22)(H,17,18). The van der Waals surface area contributed by atoms with Crippen molar-refractivity contribution in [2.24, 2.45) is 5.73 Å². The summed E-state index contributed by atoms with van der Waals surface area (Å²) in [6, 6.07) is 7.68. The van der Waals surface area contributed by atoms with Crippen molar-refractivity contribution in [1.82, 2.24) is 25.1 Å². The summed E-state index contributed by atoms with van der Waals surface area (Å²) in [5.74, 6) is 5.53. The van der Waals surface area contributed by atoms with Gasteiger partial charge in [0, 0.05) is 5.56 Å². The van der Waals surface area contributed by atoms with Crippen LogP contribution in [0, 0.1) is 5.82 Å². The van der Waals surface area contributed by atoms with Crippen LogP contribution >= 0.6 is 11.8 Å². The molecular weight excluding hydrogens is 321 g/mol. The number of nitrogens with two attached hydrogens (primary N) is 2. The van der Waals surface area contributed by atoms with Gasteiger partial charge in [0.25, 0.3) is 0 Å². The van der Waals surface area contributed by atoms with E-state index in [1.807, 2.05) is 0 Å². The van der Waals surface area contributed by atoms with Crippen molar-refractivity contribution in [3.8, 4) is 22.8 Å². The highest BCUT2D eigenvalue weighted by molar-refractivity contribution is 7.99. The summed E-state index contributed by atoms with van der Waals surface area (Å²) in [6.45, 7) is 0. The second-order valence-corrected chi connectivity index (χ2v) is 5.55. The molecule has 5 N–H and O–H groups in total. The minimum atomic E-state index is -0.473. The van der Waals surface area contributed by atoms with Crippen LogP contribution in [0.5, 0.6) is 0 Å². The molecule has 0 bridgehead atoms. The third-order valence-electron chi connectivity index (χ3n) is 2.97. The lowest BCUT2D eigenvalue weighted by molar-refractivity contribution is -0.115. The van der Waals surface area contributed by atoms with E-state index in [0.717, 1.165) is 17.3 Å². The van der Waals surface area contributed by atoms with Gasteiger partial charge in [0.05, 0.1) is 11.4 Å². The van der Waals surface area contributed by atoms with Gasteiger partial charge in [0.1, 0.15) is 11.5 Å². The number of aromatic nitrogens is 5. The van der Waals surface area contributed by atoms with Gasteiger partial charge in [-0.3, -0.25) is 9.89 Å². The zero-order chi connectivity index (χ0) is 16.4. The molecule has 2 heterocycles. The molecule has 3 aromatic rings. The number of aromatic amines is 1. The zero-order valence-electron chi connectivity index (χ0n) is 11.7. The van der Waals surface area contributed by atoms with E-state index in [1.54, 1.807) is 18.2 Å².